The summed E-state index contributed by atoms with van der Waals surface area (Å²) in [5.41, 5.74) is -0.207. The maximum Gasteiger partial charge on any atom is 0.254 e. The van der Waals surface area contributed by atoms with Gasteiger partial charge in [-0.3, -0.25) is 9.59 Å². The van der Waals surface area contributed by atoms with Gasteiger partial charge in [0.05, 0.1) is 6.04 Å². The van der Waals surface area contributed by atoms with E-state index in [2.05, 4.69) is 10.6 Å². The fourth-order valence-electron chi connectivity index (χ4n) is 3.55. The second kappa shape index (κ2) is 9.41. The number of carbonyl (C=O) groups is 2. The highest BCUT2D eigenvalue weighted by molar-refractivity contribution is 5.94. The number of hydrogen-bond acceptors (Lipinski definition) is 3. The van der Waals surface area contributed by atoms with Crippen molar-refractivity contribution in [1.29, 1.82) is 0 Å². The van der Waals surface area contributed by atoms with Crippen LogP contribution in [0.3, 0.4) is 0 Å². The Morgan fingerprint density at radius 1 is 1.15 bits per heavy atom. The van der Waals surface area contributed by atoms with Gasteiger partial charge in [-0.1, -0.05) is 0 Å². The molecule has 5 nitrogen and oxygen atoms in total. The lowest BCUT2D eigenvalue weighted by Gasteiger charge is -2.33. The Hall–Kier alpha value is -1.80. The molecule has 2 N–H and O–H groups in total. The van der Waals surface area contributed by atoms with Crippen molar-refractivity contribution in [2.75, 3.05) is 26.2 Å². The highest BCUT2D eigenvalue weighted by Crippen LogP contribution is 2.20. The number of halogens is 4. The second-order valence-corrected chi connectivity index (χ2v) is 6.91. The molecule has 9 heteroatoms. The van der Waals surface area contributed by atoms with Crippen molar-refractivity contribution < 1.29 is 22.8 Å². The van der Waals surface area contributed by atoms with E-state index in [1.54, 1.807) is 0 Å². The summed E-state index contributed by atoms with van der Waals surface area (Å²) in [6, 6.07) is 1.29. The van der Waals surface area contributed by atoms with Gasteiger partial charge in [-0.15, -0.1) is 12.4 Å². The molecule has 0 spiro atoms. The third-order valence-electron chi connectivity index (χ3n) is 4.98. The van der Waals surface area contributed by atoms with Crippen LogP contribution in [-0.4, -0.2) is 48.9 Å². The van der Waals surface area contributed by atoms with E-state index < -0.39 is 23.4 Å². The predicted octanol–water partition coefficient (Wildman–Crippen LogP) is 2.25. The van der Waals surface area contributed by atoms with Crippen molar-refractivity contribution in [2.24, 2.45) is 5.92 Å². The van der Waals surface area contributed by atoms with Crippen LogP contribution in [0.15, 0.2) is 12.1 Å². The molecule has 2 aliphatic rings. The largest absolute Gasteiger partial charge is 0.354 e. The Labute approximate surface area is 162 Å². The highest BCUT2D eigenvalue weighted by atomic mass is 35.5. The monoisotopic (exact) mass is 405 g/mol. The first-order valence-electron chi connectivity index (χ1n) is 8.90. The van der Waals surface area contributed by atoms with Gasteiger partial charge in [0, 0.05) is 25.2 Å². The molecule has 2 fully saturated rings. The fourth-order valence-corrected chi connectivity index (χ4v) is 3.55. The third kappa shape index (κ3) is 5.13. The predicted molar refractivity (Wildman–Crippen MR) is 96.2 cm³/mol. The quantitative estimate of drug-likeness (QED) is 0.755. The molecule has 0 bridgehead atoms. The maximum absolute atomic E-state index is 13.4. The van der Waals surface area contributed by atoms with Crippen molar-refractivity contribution in [2.45, 2.75) is 31.7 Å². The van der Waals surface area contributed by atoms with E-state index in [4.69, 9.17) is 0 Å². The van der Waals surface area contributed by atoms with Crippen molar-refractivity contribution >= 4 is 24.2 Å². The summed E-state index contributed by atoms with van der Waals surface area (Å²) in [6.07, 6.45) is 3.39. The van der Waals surface area contributed by atoms with Crippen LogP contribution >= 0.6 is 12.4 Å². The molecule has 0 aliphatic carbocycles. The molecular weight excluding hydrogens is 383 g/mol. The zero-order chi connectivity index (χ0) is 18.7. The molecule has 27 heavy (non-hydrogen) atoms. The van der Waals surface area contributed by atoms with Crippen LogP contribution in [-0.2, 0) is 4.79 Å². The van der Waals surface area contributed by atoms with Crippen molar-refractivity contribution in [1.82, 2.24) is 15.5 Å². The van der Waals surface area contributed by atoms with Crippen LogP contribution in [0.1, 0.15) is 36.0 Å². The summed E-state index contributed by atoms with van der Waals surface area (Å²) < 4.78 is 39.8. The molecule has 1 aromatic rings. The van der Waals surface area contributed by atoms with E-state index in [-0.39, 0.29) is 35.8 Å². The molecule has 3 rings (SSSR count). The second-order valence-electron chi connectivity index (χ2n) is 6.91. The zero-order valence-electron chi connectivity index (χ0n) is 14.8. The highest BCUT2D eigenvalue weighted by Gasteiger charge is 2.27. The number of nitrogens with one attached hydrogen (secondary N) is 2. The Kier molecular flexibility index (Phi) is 7.49. The molecule has 0 radical (unpaired) electrons. The average molecular weight is 406 g/mol. The van der Waals surface area contributed by atoms with Crippen LogP contribution < -0.4 is 10.6 Å². The summed E-state index contributed by atoms with van der Waals surface area (Å²) in [7, 11) is 0. The Morgan fingerprint density at radius 3 is 2.48 bits per heavy atom. The molecule has 0 saturated carbocycles. The minimum atomic E-state index is -1.58. The summed E-state index contributed by atoms with van der Waals surface area (Å²) in [5.74, 6) is -4.82. The first-order valence-corrected chi connectivity index (χ1v) is 8.90. The van der Waals surface area contributed by atoms with Gasteiger partial charge in [0.25, 0.3) is 5.91 Å². The normalized spacial score (nSPS) is 22.3. The van der Waals surface area contributed by atoms with Gasteiger partial charge in [0.2, 0.25) is 5.91 Å². The molecule has 2 heterocycles. The van der Waals surface area contributed by atoms with Crippen molar-refractivity contribution in [3.8, 4) is 0 Å². The summed E-state index contributed by atoms with van der Waals surface area (Å²) >= 11 is 0. The molecular formula is C18H23ClF3N3O2. The minimum absolute atomic E-state index is 0. The Bertz CT molecular complexity index is 675. The number of hydrogen-bond donors (Lipinski definition) is 2. The summed E-state index contributed by atoms with van der Waals surface area (Å²) in [6.45, 7) is 2.15. The summed E-state index contributed by atoms with van der Waals surface area (Å²) in [4.78, 5) is 26.0. The summed E-state index contributed by atoms with van der Waals surface area (Å²) in [5, 5.41) is 6.04. The Balaban J connectivity index is 0.00000261. The van der Waals surface area contributed by atoms with Gasteiger partial charge in [-0.2, -0.15) is 0 Å². The van der Waals surface area contributed by atoms with Gasteiger partial charge in [-0.25, -0.2) is 13.2 Å². The molecule has 2 amide bonds. The van der Waals surface area contributed by atoms with Crippen LogP contribution in [0.5, 0.6) is 0 Å². The molecule has 2 unspecified atom stereocenters. The van der Waals surface area contributed by atoms with E-state index in [1.807, 2.05) is 0 Å². The average Bonchev–Trinajstić information content (AvgIpc) is 3.18. The lowest BCUT2D eigenvalue weighted by Crippen LogP contribution is -2.46. The fraction of sp³-hybridized carbons (Fsp3) is 0.556. The lowest BCUT2D eigenvalue weighted by molar-refractivity contribution is -0.123. The molecule has 2 aliphatic heterocycles. The van der Waals surface area contributed by atoms with Crippen LogP contribution in [0.2, 0.25) is 0 Å². The topological polar surface area (TPSA) is 61.4 Å². The van der Waals surface area contributed by atoms with Gasteiger partial charge >= 0.3 is 0 Å². The third-order valence-corrected chi connectivity index (χ3v) is 4.98. The number of amides is 2. The Morgan fingerprint density at radius 2 is 1.85 bits per heavy atom. The molecule has 1 aromatic carbocycles. The number of piperidine rings is 1. The van der Waals surface area contributed by atoms with Crippen LogP contribution in [0.4, 0.5) is 13.2 Å². The van der Waals surface area contributed by atoms with E-state index in [9.17, 15) is 22.8 Å². The van der Waals surface area contributed by atoms with Gasteiger partial charge in [0.15, 0.2) is 17.5 Å². The first-order chi connectivity index (χ1) is 12.5. The van der Waals surface area contributed by atoms with Gasteiger partial charge in [-0.05, 0) is 50.3 Å². The van der Waals surface area contributed by atoms with Crippen LogP contribution in [0, 0.1) is 23.4 Å². The van der Waals surface area contributed by atoms with E-state index in [1.165, 1.54) is 4.90 Å². The standard InChI is InChI=1S/C18H22F3N3O2.ClH/c19-13-7-12(8-14(20)16(13)21)18(26)24-6-2-3-11(10-24)9-23-17(25)15-4-1-5-22-15;/h7-8,11,15,22H,1-6,9-10H2,(H,23,25);1H. The number of likely N-dealkylation sites (tertiary alicyclic amines) is 1. The molecule has 150 valence electrons. The van der Waals surface area contributed by atoms with Gasteiger partial charge in [0.1, 0.15) is 0 Å². The number of benzene rings is 1. The number of nitrogens with zero attached hydrogens (tertiary/aromatic N) is 1. The lowest BCUT2D eigenvalue weighted by atomic mass is 9.97. The van der Waals surface area contributed by atoms with Gasteiger partial charge < -0.3 is 15.5 Å². The van der Waals surface area contributed by atoms with Crippen molar-refractivity contribution in [3.63, 3.8) is 0 Å². The number of rotatable bonds is 4. The SMILES string of the molecule is Cl.O=C(NCC1CCCN(C(=O)c2cc(F)c(F)c(F)c2)C1)C1CCCN1. The van der Waals surface area contributed by atoms with E-state index in [0.29, 0.717) is 19.6 Å². The minimum Gasteiger partial charge on any atom is -0.354 e. The zero-order valence-corrected chi connectivity index (χ0v) is 15.6. The molecule has 0 aromatic heterocycles. The van der Waals surface area contributed by atoms with Crippen molar-refractivity contribution in [3.05, 3.63) is 35.1 Å². The molecule has 2 atom stereocenters. The first kappa shape index (κ1) is 21.5. The molecule has 2 saturated heterocycles. The van der Waals surface area contributed by atoms with Crippen LogP contribution in [0.25, 0.3) is 0 Å². The number of carbonyl (C=O) groups excluding carboxylic acids is 2. The smallest absolute Gasteiger partial charge is 0.254 e. The van der Waals surface area contributed by atoms with E-state index in [0.717, 1.165) is 44.4 Å². The van der Waals surface area contributed by atoms with E-state index >= 15 is 0 Å². The maximum atomic E-state index is 13.4.